The smallest absolute Gasteiger partial charge is 0.322 e. The van der Waals surface area contributed by atoms with Gasteiger partial charge in [-0.3, -0.25) is 0 Å². The van der Waals surface area contributed by atoms with Gasteiger partial charge in [0.05, 0.1) is 7.11 Å². The first kappa shape index (κ1) is 18.0. The number of carbonyl (C=O) groups is 1. The maximum atomic E-state index is 13.4. The molecule has 1 unspecified atom stereocenters. The second kappa shape index (κ2) is 7.67. The van der Waals surface area contributed by atoms with Crippen LogP contribution in [-0.4, -0.2) is 34.7 Å². The van der Waals surface area contributed by atoms with Crippen LogP contribution in [0.3, 0.4) is 0 Å². The third kappa shape index (κ3) is 3.66. The monoisotopic (exact) mass is 382 g/mol. The van der Waals surface area contributed by atoms with Crippen LogP contribution in [-0.2, 0) is 0 Å². The minimum Gasteiger partial charge on any atom is -0.497 e. The lowest BCUT2D eigenvalue weighted by atomic mass is 10.2. The summed E-state index contributed by atoms with van der Waals surface area (Å²) < 4.78 is 23.9. The van der Waals surface area contributed by atoms with E-state index >= 15 is 0 Å². The molecule has 0 aliphatic carbocycles. The molecule has 144 valence electrons. The van der Waals surface area contributed by atoms with Crippen molar-refractivity contribution in [1.29, 1.82) is 0 Å². The molecule has 1 saturated heterocycles. The van der Waals surface area contributed by atoms with Crippen LogP contribution in [0.25, 0.3) is 11.4 Å². The van der Waals surface area contributed by atoms with Crippen molar-refractivity contribution in [1.82, 2.24) is 15.0 Å². The van der Waals surface area contributed by atoms with Gasteiger partial charge in [0.1, 0.15) is 17.6 Å². The van der Waals surface area contributed by atoms with Crippen LogP contribution in [0.15, 0.2) is 53.1 Å². The van der Waals surface area contributed by atoms with Crippen LogP contribution in [0.1, 0.15) is 24.8 Å². The normalized spacial score (nSPS) is 16.2. The highest BCUT2D eigenvalue weighted by Crippen LogP contribution is 2.32. The SMILES string of the molecule is COc1ccc(NC(=O)N2CCCC2c2nc(-c3cccc(F)c3)no2)cc1. The van der Waals surface area contributed by atoms with E-state index in [0.717, 1.165) is 12.8 Å². The summed E-state index contributed by atoms with van der Waals surface area (Å²) in [5.41, 5.74) is 1.20. The number of hydrogen-bond donors (Lipinski definition) is 1. The molecule has 2 amide bonds. The van der Waals surface area contributed by atoms with Gasteiger partial charge in [-0.15, -0.1) is 0 Å². The molecule has 1 aliphatic heterocycles. The summed E-state index contributed by atoms with van der Waals surface area (Å²) in [6.45, 7) is 0.588. The molecule has 1 N–H and O–H groups in total. The molecule has 7 nitrogen and oxygen atoms in total. The van der Waals surface area contributed by atoms with Gasteiger partial charge in [-0.25, -0.2) is 9.18 Å². The average molecular weight is 382 g/mol. The number of rotatable bonds is 4. The largest absolute Gasteiger partial charge is 0.497 e. The zero-order valence-corrected chi connectivity index (χ0v) is 15.3. The first-order valence-electron chi connectivity index (χ1n) is 8.95. The molecule has 4 rings (SSSR count). The number of nitrogens with one attached hydrogen (secondary N) is 1. The molecule has 0 bridgehead atoms. The minimum atomic E-state index is -0.370. The fourth-order valence-corrected chi connectivity index (χ4v) is 3.25. The number of aromatic nitrogens is 2. The third-order valence-corrected chi connectivity index (χ3v) is 4.66. The first-order valence-corrected chi connectivity index (χ1v) is 8.95. The van der Waals surface area contributed by atoms with E-state index in [0.29, 0.717) is 35.3 Å². The minimum absolute atomic E-state index is 0.238. The second-order valence-electron chi connectivity index (χ2n) is 6.48. The Morgan fingerprint density at radius 1 is 1.29 bits per heavy atom. The Bertz CT molecular complexity index is 974. The summed E-state index contributed by atoms with van der Waals surface area (Å²) in [7, 11) is 1.59. The quantitative estimate of drug-likeness (QED) is 0.729. The predicted octanol–water partition coefficient (Wildman–Crippen LogP) is 4.25. The van der Waals surface area contributed by atoms with Gasteiger partial charge in [0.25, 0.3) is 0 Å². The molecule has 0 radical (unpaired) electrons. The Kier molecular flexibility index (Phi) is 4.92. The number of halogens is 1. The van der Waals surface area contributed by atoms with Crippen LogP contribution < -0.4 is 10.1 Å². The fourth-order valence-electron chi connectivity index (χ4n) is 3.25. The van der Waals surface area contributed by atoms with E-state index in [1.807, 2.05) is 0 Å². The Hall–Kier alpha value is -3.42. The number of likely N-dealkylation sites (tertiary alicyclic amines) is 1. The van der Waals surface area contributed by atoms with E-state index < -0.39 is 0 Å². The van der Waals surface area contributed by atoms with Crippen molar-refractivity contribution in [3.8, 4) is 17.1 Å². The molecule has 1 atom stereocenters. The maximum Gasteiger partial charge on any atom is 0.322 e. The van der Waals surface area contributed by atoms with Crippen LogP contribution in [0.4, 0.5) is 14.9 Å². The van der Waals surface area contributed by atoms with Crippen molar-refractivity contribution in [3.05, 3.63) is 60.2 Å². The van der Waals surface area contributed by atoms with E-state index in [9.17, 15) is 9.18 Å². The van der Waals surface area contributed by atoms with E-state index in [2.05, 4.69) is 15.5 Å². The lowest BCUT2D eigenvalue weighted by molar-refractivity contribution is 0.193. The molecule has 1 aliphatic rings. The zero-order valence-electron chi connectivity index (χ0n) is 15.3. The predicted molar refractivity (Wildman–Crippen MR) is 100 cm³/mol. The summed E-state index contributed by atoms with van der Waals surface area (Å²) in [5, 5.41) is 6.82. The highest BCUT2D eigenvalue weighted by Gasteiger charge is 2.34. The molecule has 28 heavy (non-hydrogen) atoms. The van der Waals surface area contributed by atoms with E-state index in [4.69, 9.17) is 9.26 Å². The van der Waals surface area contributed by atoms with Crippen LogP contribution in [0, 0.1) is 5.82 Å². The molecule has 2 heterocycles. The van der Waals surface area contributed by atoms with E-state index in [-0.39, 0.29) is 17.9 Å². The van der Waals surface area contributed by atoms with Crippen LogP contribution >= 0.6 is 0 Å². The summed E-state index contributed by atoms with van der Waals surface area (Å²) in [5.74, 6) is 0.997. The summed E-state index contributed by atoms with van der Waals surface area (Å²) >= 11 is 0. The number of benzene rings is 2. The second-order valence-corrected chi connectivity index (χ2v) is 6.48. The number of ether oxygens (including phenoxy) is 1. The van der Waals surface area contributed by atoms with E-state index in [1.165, 1.54) is 12.1 Å². The number of nitrogens with zero attached hydrogens (tertiary/aromatic N) is 3. The molecule has 2 aromatic carbocycles. The Balaban J connectivity index is 1.49. The molecule has 8 heteroatoms. The fraction of sp³-hybridized carbons (Fsp3) is 0.250. The lowest BCUT2D eigenvalue weighted by Crippen LogP contribution is -2.34. The highest BCUT2D eigenvalue weighted by molar-refractivity contribution is 5.89. The van der Waals surface area contributed by atoms with Crippen molar-refractivity contribution in [2.75, 3.05) is 19.0 Å². The highest BCUT2D eigenvalue weighted by atomic mass is 19.1. The molecule has 0 spiro atoms. The Morgan fingerprint density at radius 3 is 2.86 bits per heavy atom. The number of urea groups is 1. The van der Waals surface area contributed by atoms with Gasteiger partial charge in [0.15, 0.2) is 0 Å². The molecule has 1 fully saturated rings. The zero-order chi connectivity index (χ0) is 19.5. The third-order valence-electron chi connectivity index (χ3n) is 4.66. The number of carbonyl (C=O) groups excluding carboxylic acids is 1. The number of hydrogen-bond acceptors (Lipinski definition) is 5. The number of amides is 2. The lowest BCUT2D eigenvalue weighted by Gasteiger charge is -2.22. The summed E-state index contributed by atoms with van der Waals surface area (Å²) in [4.78, 5) is 18.8. The summed E-state index contributed by atoms with van der Waals surface area (Å²) in [6, 6.07) is 12.6. The molecule has 1 aromatic heterocycles. The van der Waals surface area contributed by atoms with Gasteiger partial charge in [-0.05, 0) is 49.2 Å². The first-order chi connectivity index (χ1) is 13.6. The van der Waals surface area contributed by atoms with Crippen molar-refractivity contribution < 1.29 is 18.4 Å². The number of anilines is 1. The molecule has 0 saturated carbocycles. The summed E-state index contributed by atoms with van der Waals surface area (Å²) in [6.07, 6.45) is 1.55. The van der Waals surface area contributed by atoms with Gasteiger partial charge in [-0.2, -0.15) is 4.98 Å². The van der Waals surface area contributed by atoms with Gasteiger partial charge in [-0.1, -0.05) is 17.3 Å². The van der Waals surface area contributed by atoms with Crippen LogP contribution in [0.2, 0.25) is 0 Å². The maximum absolute atomic E-state index is 13.4. The van der Waals surface area contributed by atoms with Gasteiger partial charge in [0.2, 0.25) is 11.7 Å². The molecular weight excluding hydrogens is 363 g/mol. The van der Waals surface area contributed by atoms with Crippen molar-refractivity contribution in [3.63, 3.8) is 0 Å². The van der Waals surface area contributed by atoms with E-state index in [1.54, 1.807) is 48.4 Å². The van der Waals surface area contributed by atoms with Crippen molar-refractivity contribution >= 4 is 11.7 Å². The van der Waals surface area contributed by atoms with Gasteiger partial charge >= 0.3 is 6.03 Å². The Labute approximate surface area is 161 Å². The van der Waals surface area contributed by atoms with Gasteiger partial charge in [0, 0.05) is 17.8 Å². The van der Waals surface area contributed by atoms with Gasteiger partial charge < -0.3 is 19.5 Å². The molecule has 3 aromatic rings. The average Bonchev–Trinajstić information content (AvgIpc) is 3.38. The van der Waals surface area contributed by atoms with Crippen LogP contribution in [0.5, 0.6) is 5.75 Å². The standard InChI is InChI=1S/C20H19FN4O3/c1-27-16-9-7-15(8-10-16)22-20(26)25-11-3-6-17(25)19-23-18(24-28-19)13-4-2-5-14(21)12-13/h2,4-5,7-10,12,17H,3,6,11H2,1H3,(H,22,26). The van der Waals surface area contributed by atoms with Crippen molar-refractivity contribution in [2.45, 2.75) is 18.9 Å². The molecular formula is C20H19FN4O3. The topological polar surface area (TPSA) is 80.5 Å². The Morgan fingerprint density at radius 2 is 2.11 bits per heavy atom. The van der Waals surface area contributed by atoms with Crippen molar-refractivity contribution in [2.24, 2.45) is 0 Å². The number of methoxy groups -OCH3 is 1.